The highest BCUT2D eigenvalue weighted by Gasteiger charge is 2.38. The Morgan fingerprint density at radius 2 is 1.75 bits per heavy atom. The second-order valence-electron chi connectivity index (χ2n) is 7.84. The maximum atomic E-state index is 12.9. The van der Waals surface area contributed by atoms with Gasteiger partial charge in [0.2, 0.25) is 0 Å². The van der Waals surface area contributed by atoms with Gasteiger partial charge in [0.1, 0.15) is 11.3 Å². The summed E-state index contributed by atoms with van der Waals surface area (Å²) in [6.45, 7) is 3.71. The number of piperazine rings is 1. The Bertz CT molecular complexity index is 1150. The van der Waals surface area contributed by atoms with E-state index >= 15 is 0 Å². The van der Waals surface area contributed by atoms with Crippen LogP contribution in [-0.4, -0.2) is 86.2 Å². The van der Waals surface area contributed by atoms with Crippen LogP contribution >= 0.6 is 11.3 Å². The summed E-state index contributed by atoms with van der Waals surface area (Å²) < 4.78 is 39.9. The van der Waals surface area contributed by atoms with Crippen molar-refractivity contribution in [2.45, 2.75) is 12.2 Å². The number of carbonyl (C=O) groups is 2. The van der Waals surface area contributed by atoms with E-state index in [9.17, 15) is 22.8 Å². The van der Waals surface area contributed by atoms with Crippen molar-refractivity contribution in [2.24, 2.45) is 0 Å². The molecule has 0 spiro atoms. The zero-order chi connectivity index (χ0) is 22.5. The smallest absolute Gasteiger partial charge is 0.334 e. The van der Waals surface area contributed by atoms with Gasteiger partial charge in [0.05, 0.1) is 5.56 Å². The van der Waals surface area contributed by atoms with Crippen molar-refractivity contribution in [1.82, 2.24) is 29.1 Å². The number of aromatic nitrogens is 3. The standard InChI is InChI=1S/C20H19F3N6O2S/c21-20(22,23)13-1-2-16-25-15(12-28(16)9-13)18(30)29-10-14(11-29)26-4-6-27(7-5-26)19(31)17-24-3-8-32-17/h1-3,8-9,12,14H,4-7,10-11H2. The van der Waals surface area contributed by atoms with Crippen LogP contribution in [0.2, 0.25) is 0 Å². The van der Waals surface area contributed by atoms with Crippen LogP contribution in [0.5, 0.6) is 0 Å². The highest BCUT2D eigenvalue weighted by atomic mass is 32.1. The molecule has 5 rings (SSSR count). The first kappa shape index (κ1) is 20.9. The first-order chi connectivity index (χ1) is 15.3. The number of rotatable bonds is 3. The van der Waals surface area contributed by atoms with Gasteiger partial charge in [0, 0.05) is 69.3 Å². The fraction of sp³-hybridized carbons (Fsp3) is 0.400. The molecule has 0 aliphatic carbocycles. The fourth-order valence-corrected chi connectivity index (χ4v) is 4.63. The van der Waals surface area contributed by atoms with Crippen LogP contribution < -0.4 is 0 Å². The minimum Gasteiger partial charge on any atom is -0.334 e. The molecule has 3 aromatic heterocycles. The van der Waals surface area contributed by atoms with E-state index in [0.717, 1.165) is 25.4 Å². The largest absolute Gasteiger partial charge is 0.417 e. The molecule has 168 valence electrons. The average Bonchev–Trinajstić information content (AvgIpc) is 3.41. The molecule has 0 bridgehead atoms. The topological polar surface area (TPSA) is 74.1 Å². The summed E-state index contributed by atoms with van der Waals surface area (Å²) in [5.74, 6) is -0.346. The number of halogens is 3. The number of carbonyl (C=O) groups excluding carboxylic acids is 2. The van der Waals surface area contributed by atoms with Crippen molar-refractivity contribution < 1.29 is 22.8 Å². The lowest BCUT2D eigenvalue weighted by molar-refractivity contribution is -0.137. The predicted octanol–water partition coefficient (Wildman–Crippen LogP) is 2.09. The van der Waals surface area contributed by atoms with Crippen molar-refractivity contribution in [1.29, 1.82) is 0 Å². The average molecular weight is 464 g/mol. The summed E-state index contributed by atoms with van der Waals surface area (Å²) in [4.78, 5) is 39.1. The molecule has 2 amide bonds. The molecular weight excluding hydrogens is 445 g/mol. The number of thiazole rings is 1. The molecular formula is C20H19F3N6O2S. The van der Waals surface area contributed by atoms with Gasteiger partial charge in [-0.2, -0.15) is 13.2 Å². The van der Waals surface area contributed by atoms with Gasteiger partial charge in [0.25, 0.3) is 11.8 Å². The van der Waals surface area contributed by atoms with E-state index in [0.29, 0.717) is 36.8 Å². The molecule has 32 heavy (non-hydrogen) atoms. The molecule has 2 aliphatic rings. The van der Waals surface area contributed by atoms with Crippen LogP contribution in [0.4, 0.5) is 13.2 Å². The zero-order valence-corrected chi connectivity index (χ0v) is 17.6. The predicted molar refractivity (Wildman–Crippen MR) is 109 cm³/mol. The lowest BCUT2D eigenvalue weighted by atomic mass is 10.1. The molecule has 2 aliphatic heterocycles. The van der Waals surface area contributed by atoms with E-state index in [1.807, 2.05) is 0 Å². The summed E-state index contributed by atoms with van der Waals surface area (Å²) in [7, 11) is 0. The molecule has 8 nitrogen and oxygen atoms in total. The van der Waals surface area contributed by atoms with Gasteiger partial charge < -0.3 is 14.2 Å². The van der Waals surface area contributed by atoms with Crippen LogP contribution in [-0.2, 0) is 6.18 Å². The van der Waals surface area contributed by atoms with Crippen LogP contribution in [0, 0.1) is 0 Å². The monoisotopic (exact) mass is 464 g/mol. The van der Waals surface area contributed by atoms with Crippen molar-refractivity contribution in [3.63, 3.8) is 0 Å². The second kappa shape index (κ2) is 7.85. The Morgan fingerprint density at radius 1 is 1.00 bits per heavy atom. The summed E-state index contributed by atoms with van der Waals surface area (Å²) in [5, 5.41) is 2.27. The van der Waals surface area contributed by atoms with Gasteiger partial charge in [-0.1, -0.05) is 0 Å². The Kier molecular flexibility index (Phi) is 5.13. The Balaban J connectivity index is 1.16. The zero-order valence-electron chi connectivity index (χ0n) is 16.8. The van der Waals surface area contributed by atoms with E-state index in [1.165, 1.54) is 28.0 Å². The van der Waals surface area contributed by atoms with E-state index < -0.39 is 11.7 Å². The number of nitrogens with zero attached hydrogens (tertiary/aromatic N) is 6. The number of hydrogen-bond donors (Lipinski definition) is 0. The van der Waals surface area contributed by atoms with Crippen LogP contribution in [0.15, 0.2) is 36.1 Å². The maximum Gasteiger partial charge on any atom is 0.417 e. The lowest BCUT2D eigenvalue weighted by Crippen LogP contribution is -2.64. The van der Waals surface area contributed by atoms with Gasteiger partial charge in [-0.3, -0.25) is 14.5 Å². The number of likely N-dealkylation sites (tertiary alicyclic amines) is 1. The molecule has 5 heterocycles. The number of imidazole rings is 1. The summed E-state index contributed by atoms with van der Waals surface area (Å²) in [6, 6.07) is 2.41. The van der Waals surface area contributed by atoms with E-state index in [1.54, 1.807) is 21.4 Å². The van der Waals surface area contributed by atoms with Gasteiger partial charge in [-0.15, -0.1) is 11.3 Å². The van der Waals surface area contributed by atoms with Gasteiger partial charge in [0.15, 0.2) is 5.01 Å². The molecule has 0 unspecified atom stereocenters. The van der Waals surface area contributed by atoms with Crippen LogP contribution in [0.25, 0.3) is 5.65 Å². The molecule has 0 N–H and O–H groups in total. The second-order valence-corrected chi connectivity index (χ2v) is 8.73. The number of fused-ring (bicyclic) bond motifs is 1. The van der Waals surface area contributed by atoms with Crippen LogP contribution in [0.1, 0.15) is 25.9 Å². The lowest BCUT2D eigenvalue weighted by Gasteiger charge is -2.47. The Labute approximate surface area is 184 Å². The minimum absolute atomic E-state index is 0.0504. The van der Waals surface area contributed by atoms with Crippen molar-refractivity contribution >= 4 is 28.8 Å². The molecule has 2 fully saturated rings. The van der Waals surface area contributed by atoms with Crippen LogP contribution in [0.3, 0.4) is 0 Å². The third-order valence-corrected chi connectivity index (χ3v) is 6.64. The van der Waals surface area contributed by atoms with Gasteiger partial charge >= 0.3 is 6.18 Å². The third-order valence-electron chi connectivity index (χ3n) is 5.88. The quantitative estimate of drug-likeness (QED) is 0.594. The summed E-state index contributed by atoms with van der Waals surface area (Å²) in [5.41, 5.74) is -0.376. The van der Waals surface area contributed by atoms with E-state index in [2.05, 4.69) is 14.9 Å². The summed E-state index contributed by atoms with van der Waals surface area (Å²) >= 11 is 1.33. The molecule has 0 aromatic carbocycles. The number of hydrogen-bond acceptors (Lipinski definition) is 6. The SMILES string of the molecule is O=C(c1cn2cc(C(F)(F)F)ccc2n1)N1CC(N2CCN(C(=O)c3nccs3)CC2)C1. The molecule has 12 heteroatoms. The minimum atomic E-state index is -4.46. The number of amides is 2. The molecule has 0 saturated carbocycles. The Morgan fingerprint density at radius 3 is 2.41 bits per heavy atom. The maximum absolute atomic E-state index is 12.9. The molecule has 2 saturated heterocycles. The highest BCUT2D eigenvalue weighted by molar-refractivity contribution is 7.11. The van der Waals surface area contributed by atoms with E-state index in [-0.39, 0.29) is 23.6 Å². The summed E-state index contributed by atoms with van der Waals surface area (Å²) in [6.07, 6.45) is -0.567. The number of pyridine rings is 1. The van der Waals surface area contributed by atoms with Crippen molar-refractivity contribution in [3.8, 4) is 0 Å². The highest BCUT2D eigenvalue weighted by Crippen LogP contribution is 2.29. The number of alkyl halides is 3. The Hall–Kier alpha value is -2.99. The van der Waals surface area contributed by atoms with E-state index in [4.69, 9.17) is 0 Å². The molecule has 3 aromatic rings. The van der Waals surface area contributed by atoms with Gasteiger partial charge in [-0.25, -0.2) is 9.97 Å². The normalized spacial score (nSPS) is 18.2. The van der Waals surface area contributed by atoms with Gasteiger partial charge in [-0.05, 0) is 12.1 Å². The first-order valence-corrected chi connectivity index (χ1v) is 11.0. The van der Waals surface area contributed by atoms with Crippen molar-refractivity contribution in [2.75, 3.05) is 39.3 Å². The first-order valence-electron chi connectivity index (χ1n) is 10.1. The third kappa shape index (κ3) is 3.84. The molecule has 0 atom stereocenters. The molecule has 0 radical (unpaired) electrons. The fourth-order valence-electron chi connectivity index (χ4n) is 4.03. The van der Waals surface area contributed by atoms with Crippen molar-refractivity contribution in [3.05, 3.63) is 52.4 Å².